The number of ether oxygens (including phenoxy) is 1. The molecule has 1 amide bonds. The van der Waals surface area contributed by atoms with E-state index in [4.69, 9.17) is 16.2 Å². The maximum atomic E-state index is 13.8. The molecule has 1 rings (SSSR count). The van der Waals surface area contributed by atoms with Gasteiger partial charge in [0.1, 0.15) is 0 Å². The van der Waals surface area contributed by atoms with Crippen LogP contribution in [-0.2, 0) is 4.79 Å². The van der Waals surface area contributed by atoms with Crippen molar-refractivity contribution >= 4 is 17.3 Å². The van der Waals surface area contributed by atoms with Gasteiger partial charge in [-0.3, -0.25) is 4.79 Å². The summed E-state index contributed by atoms with van der Waals surface area (Å²) in [6.45, 7) is 5.08. The molecule has 0 radical (unpaired) electrons. The lowest BCUT2D eigenvalue weighted by molar-refractivity contribution is -0.116. The van der Waals surface area contributed by atoms with Crippen molar-refractivity contribution in [2.75, 3.05) is 30.3 Å². The van der Waals surface area contributed by atoms with Gasteiger partial charge in [-0.2, -0.15) is 0 Å². The fraction of sp³-hybridized carbons (Fsp3) is 0.533. The summed E-state index contributed by atoms with van der Waals surface area (Å²) in [6.07, 6.45) is 2.63. The number of primary amides is 1. The Kier molecular flexibility index (Phi) is 6.78. The average Bonchev–Trinajstić information content (AvgIpc) is 2.42. The van der Waals surface area contributed by atoms with E-state index in [0.717, 1.165) is 19.3 Å². The van der Waals surface area contributed by atoms with Crippen molar-refractivity contribution in [1.82, 2.24) is 0 Å². The zero-order valence-corrected chi connectivity index (χ0v) is 12.7. The van der Waals surface area contributed by atoms with Crippen LogP contribution in [0.3, 0.4) is 0 Å². The molecule has 4 N–H and O–H groups in total. The average molecular weight is 297 g/mol. The summed E-state index contributed by atoms with van der Waals surface area (Å²) in [6, 6.07) is 2.76. The van der Waals surface area contributed by atoms with Gasteiger partial charge in [-0.25, -0.2) is 4.39 Å². The van der Waals surface area contributed by atoms with Gasteiger partial charge in [-0.1, -0.05) is 20.3 Å². The number of hydrogen-bond acceptors (Lipinski definition) is 4. The number of halogens is 1. The van der Waals surface area contributed by atoms with Gasteiger partial charge in [0.15, 0.2) is 11.6 Å². The first-order valence-electron chi connectivity index (χ1n) is 7.24. The third-order valence-electron chi connectivity index (χ3n) is 3.01. The number of hydrogen-bond donors (Lipinski definition) is 2. The number of benzene rings is 1. The fourth-order valence-electron chi connectivity index (χ4n) is 1.98. The van der Waals surface area contributed by atoms with Crippen molar-refractivity contribution in [3.8, 4) is 5.75 Å². The summed E-state index contributed by atoms with van der Waals surface area (Å²) in [5.74, 6) is -0.808. The number of nitrogen functional groups attached to an aromatic ring is 1. The fourth-order valence-corrected chi connectivity index (χ4v) is 1.98. The molecule has 21 heavy (non-hydrogen) atoms. The van der Waals surface area contributed by atoms with Crippen LogP contribution in [0.25, 0.3) is 0 Å². The summed E-state index contributed by atoms with van der Waals surface area (Å²) in [5, 5.41) is 0. The second kappa shape index (κ2) is 8.34. The Morgan fingerprint density at radius 1 is 1.33 bits per heavy atom. The molecular weight excluding hydrogens is 273 g/mol. The first-order chi connectivity index (χ1) is 9.99. The van der Waals surface area contributed by atoms with Crippen LogP contribution in [-0.4, -0.2) is 25.6 Å². The molecule has 1 aromatic carbocycles. The Hall–Kier alpha value is -1.98. The van der Waals surface area contributed by atoms with Gasteiger partial charge >= 0.3 is 0 Å². The van der Waals surface area contributed by atoms with Gasteiger partial charge in [-0.15, -0.1) is 0 Å². The number of carbonyl (C=O) groups excluding carboxylic acids is 1. The molecule has 5 nitrogen and oxygen atoms in total. The third-order valence-corrected chi connectivity index (χ3v) is 3.01. The zero-order valence-electron chi connectivity index (χ0n) is 12.7. The van der Waals surface area contributed by atoms with Crippen LogP contribution in [0, 0.1) is 5.82 Å². The summed E-state index contributed by atoms with van der Waals surface area (Å²) in [4.78, 5) is 13.0. The highest BCUT2D eigenvalue weighted by Crippen LogP contribution is 2.31. The predicted molar refractivity (Wildman–Crippen MR) is 82.9 cm³/mol. The molecule has 0 saturated carbocycles. The Balaban J connectivity index is 3.06. The number of carbonyl (C=O) groups is 1. The van der Waals surface area contributed by atoms with E-state index >= 15 is 0 Å². The van der Waals surface area contributed by atoms with E-state index in [-0.39, 0.29) is 18.0 Å². The van der Waals surface area contributed by atoms with Gasteiger partial charge in [0.25, 0.3) is 0 Å². The summed E-state index contributed by atoms with van der Waals surface area (Å²) in [7, 11) is 0. The molecule has 0 aromatic heterocycles. The molecule has 0 bridgehead atoms. The standard InChI is InChI=1S/C15H24FN3O2/c1-3-5-6-19(10-15(18)20)13-9-14(21-7-4-2)11(16)8-12(13)17/h8-9H,3-7,10,17H2,1-2H3,(H2,18,20). The number of rotatable bonds is 9. The van der Waals surface area contributed by atoms with E-state index in [9.17, 15) is 9.18 Å². The Morgan fingerprint density at radius 2 is 2.05 bits per heavy atom. The van der Waals surface area contributed by atoms with Gasteiger partial charge in [-0.05, 0) is 12.8 Å². The molecular formula is C15H24FN3O2. The number of anilines is 2. The minimum Gasteiger partial charge on any atom is -0.490 e. The zero-order chi connectivity index (χ0) is 15.8. The van der Waals surface area contributed by atoms with Gasteiger partial charge in [0.2, 0.25) is 5.91 Å². The van der Waals surface area contributed by atoms with Crippen LogP contribution in [0.1, 0.15) is 33.1 Å². The quantitative estimate of drug-likeness (QED) is 0.685. The van der Waals surface area contributed by atoms with E-state index in [1.54, 1.807) is 11.0 Å². The highest BCUT2D eigenvalue weighted by atomic mass is 19.1. The van der Waals surface area contributed by atoms with Crippen LogP contribution in [0.2, 0.25) is 0 Å². The van der Waals surface area contributed by atoms with Crippen molar-refractivity contribution in [2.24, 2.45) is 5.73 Å². The smallest absolute Gasteiger partial charge is 0.236 e. The second-order valence-electron chi connectivity index (χ2n) is 4.93. The van der Waals surface area contributed by atoms with Crippen LogP contribution in [0.5, 0.6) is 5.75 Å². The predicted octanol–water partition coefficient (Wildman–Crippen LogP) is 2.29. The highest BCUT2D eigenvalue weighted by Gasteiger charge is 2.16. The molecule has 0 aliphatic heterocycles. The lowest BCUT2D eigenvalue weighted by Gasteiger charge is -2.25. The van der Waals surface area contributed by atoms with Gasteiger partial charge in [0, 0.05) is 18.7 Å². The number of unbranched alkanes of at least 4 members (excludes halogenated alkanes) is 1. The largest absolute Gasteiger partial charge is 0.490 e. The normalized spacial score (nSPS) is 10.4. The topological polar surface area (TPSA) is 81.6 Å². The molecule has 0 atom stereocenters. The summed E-state index contributed by atoms with van der Waals surface area (Å²) >= 11 is 0. The molecule has 0 aliphatic carbocycles. The van der Waals surface area contributed by atoms with Crippen molar-refractivity contribution < 1.29 is 13.9 Å². The van der Waals surface area contributed by atoms with E-state index < -0.39 is 11.7 Å². The third kappa shape index (κ3) is 5.13. The lowest BCUT2D eigenvalue weighted by Crippen LogP contribution is -2.35. The van der Waals surface area contributed by atoms with Gasteiger partial charge < -0.3 is 21.1 Å². The highest BCUT2D eigenvalue weighted by molar-refractivity contribution is 5.82. The molecule has 0 saturated heterocycles. The van der Waals surface area contributed by atoms with Crippen LogP contribution >= 0.6 is 0 Å². The van der Waals surface area contributed by atoms with E-state index in [1.165, 1.54) is 6.07 Å². The maximum Gasteiger partial charge on any atom is 0.236 e. The van der Waals surface area contributed by atoms with Crippen molar-refractivity contribution in [3.63, 3.8) is 0 Å². The molecule has 0 fully saturated rings. The van der Waals surface area contributed by atoms with Crippen LogP contribution in [0.15, 0.2) is 12.1 Å². The first-order valence-corrected chi connectivity index (χ1v) is 7.24. The van der Waals surface area contributed by atoms with Crippen molar-refractivity contribution in [1.29, 1.82) is 0 Å². The molecule has 0 unspecified atom stereocenters. The Bertz CT molecular complexity index is 480. The monoisotopic (exact) mass is 297 g/mol. The minimum atomic E-state index is -0.501. The summed E-state index contributed by atoms with van der Waals surface area (Å²) < 4.78 is 19.2. The van der Waals surface area contributed by atoms with Crippen LogP contribution < -0.4 is 21.1 Å². The number of nitrogens with two attached hydrogens (primary N) is 2. The molecule has 6 heteroatoms. The molecule has 0 aliphatic rings. The molecule has 0 heterocycles. The SMILES string of the molecule is CCCCN(CC(N)=O)c1cc(OCCC)c(F)cc1N. The lowest BCUT2D eigenvalue weighted by atomic mass is 10.2. The van der Waals surface area contributed by atoms with Crippen molar-refractivity contribution in [3.05, 3.63) is 17.9 Å². The molecule has 1 aromatic rings. The van der Waals surface area contributed by atoms with Crippen molar-refractivity contribution in [2.45, 2.75) is 33.1 Å². The van der Waals surface area contributed by atoms with Gasteiger partial charge in [0.05, 0.1) is 24.5 Å². The Morgan fingerprint density at radius 3 is 2.62 bits per heavy atom. The van der Waals surface area contributed by atoms with E-state index in [1.807, 2.05) is 13.8 Å². The second-order valence-corrected chi connectivity index (χ2v) is 4.93. The first kappa shape index (κ1) is 17.1. The summed E-state index contributed by atoms with van der Waals surface area (Å²) in [5.41, 5.74) is 12.0. The maximum absolute atomic E-state index is 13.8. The molecule has 0 spiro atoms. The van der Waals surface area contributed by atoms with E-state index in [2.05, 4.69) is 0 Å². The number of nitrogens with zero attached hydrogens (tertiary/aromatic N) is 1. The molecule has 118 valence electrons. The number of amides is 1. The minimum absolute atomic E-state index is 0.0447. The Labute approximate surface area is 125 Å². The van der Waals surface area contributed by atoms with E-state index in [0.29, 0.717) is 18.8 Å². The van der Waals surface area contributed by atoms with Crippen LogP contribution in [0.4, 0.5) is 15.8 Å².